The second-order valence-corrected chi connectivity index (χ2v) is 5.82. The van der Waals surface area contributed by atoms with Crippen LogP contribution in [0.2, 0.25) is 0 Å². The highest BCUT2D eigenvalue weighted by Gasteiger charge is 2.22. The van der Waals surface area contributed by atoms with E-state index in [0.29, 0.717) is 0 Å². The van der Waals surface area contributed by atoms with Crippen molar-refractivity contribution in [2.75, 3.05) is 7.11 Å². The lowest BCUT2D eigenvalue weighted by molar-refractivity contribution is 0.410. The highest BCUT2D eigenvalue weighted by Crippen LogP contribution is 2.26. The van der Waals surface area contributed by atoms with Gasteiger partial charge in [-0.3, -0.25) is 0 Å². The molecule has 2 aromatic carbocycles. The van der Waals surface area contributed by atoms with Gasteiger partial charge in [0.05, 0.1) is 7.11 Å². The van der Waals surface area contributed by atoms with Gasteiger partial charge in [0.2, 0.25) is 0 Å². The van der Waals surface area contributed by atoms with Crippen LogP contribution in [0.15, 0.2) is 42.5 Å². The van der Waals surface area contributed by atoms with Crippen molar-refractivity contribution in [3.63, 3.8) is 0 Å². The molecule has 2 nitrogen and oxygen atoms in total. The first-order valence-corrected chi connectivity index (χ1v) is 6.91. The minimum atomic E-state index is -0.408. The van der Waals surface area contributed by atoms with Crippen LogP contribution >= 0.6 is 0 Å². The first kappa shape index (κ1) is 14.6. The Kier molecular flexibility index (Phi) is 4.15. The van der Waals surface area contributed by atoms with Gasteiger partial charge in [0.1, 0.15) is 5.75 Å². The number of hydrogen-bond donors (Lipinski definition) is 1. The molecular formula is C18H23NO. The molecule has 1 unspecified atom stereocenters. The van der Waals surface area contributed by atoms with E-state index < -0.39 is 5.54 Å². The Hall–Kier alpha value is -1.80. The van der Waals surface area contributed by atoms with E-state index in [2.05, 4.69) is 45.0 Å². The predicted octanol–water partition coefficient (Wildman–Crippen LogP) is 3.73. The van der Waals surface area contributed by atoms with Crippen LogP contribution in [0.1, 0.15) is 29.2 Å². The molecule has 2 heteroatoms. The summed E-state index contributed by atoms with van der Waals surface area (Å²) < 4.78 is 5.28. The number of hydrogen-bond acceptors (Lipinski definition) is 2. The lowest BCUT2D eigenvalue weighted by Crippen LogP contribution is -2.35. The first-order chi connectivity index (χ1) is 9.40. The summed E-state index contributed by atoms with van der Waals surface area (Å²) in [6.07, 6.45) is 0.808. The van der Waals surface area contributed by atoms with Crippen molar-refractivity contribution in [2.45, 2.75) is 32.7 Å². The van der Waals surface area contributed by atoms with Gasteiger partial charge >= 0.3 is 0 Å². The number of benzene rings is 2. The first-order valence-electron chi connectivity index (χ1n) is 6.91. The van der Waals surface area contributed by atoms with Crippen LogP contribution in [-0.4, -0.2) is 7.11 Å². The molecule has 0 heterocycles. The van der Waals surface area contributed by atoms with E-state index in [9.17, 15) is 0 Å². The number of rotatable bonds is 4. The predicted molar refractivity (Wildman–Crippen MR) is 84.2 cm³/mol. The molecule has 106 valence electrons. The fraction of sp³-hybridized carbons (Fsp3) is 0.333. The topological polar surface area (TPSA) is 35.2 Å². The van der Waals surface area contributed by atoms with Crippen molar-refractivity contribution in [2.24, 2.45) is 5.73 Å². The lowest BCUT2D eigenvalue weighted by Gasteiger charge is -2.26. The van der Waals surface area contributed by atoms with Gasteiger partial charge in [-0.25, -0.2) is 0 Å². The number of methoxy groups -OCH3 is 1. The number of aryl methyl sites for hydroxylation is 2. The zero-order chi connectivity index (χ0) is 14.8. The summed E-state index contributed by atoms with van der Waals surface area (Å²) in [5.41, 5.74) is 11.1. The van der Waals surface area contributed by atoms with E-state index in [4.69, 9.17) is 10.5 Å². The summed E-state index contributed by atoms with van der Waals surface area (Å²) in [6, 6.07) is 14.6. The van der Waals surface area contributed by atoms with Crippen molar-refractivity contribution >= 4 is 0 Å². The Morgan fingerprint density at radius 3 is 2.30 bits per heavy atom. The zero-order valence-electron chi connectivity index (χ0n) is 12.7. The van der Waals surface area contributed by atoms with Crippen LogP contribution in [-0.2, 0) is 12.0 Å². The van der Waals surface area contributed by atoms with Crippen LogP contribution in [0.25, 0.3) is 0 Å². The minimum Gasteiger partial charge on any atom is -0.497 e. The maximum Gasteiger partial charge on any atom is 0.119 e. The van der Waals surface area contributed by atoms with Gasteiger partial charge < -0.3 is 10.5 Å². The number of nitrogens with two attached hydrogens (primary N) is 1. The molecule has 0 aliphatic rings. The second kappa shape index (κ2) is 5.68. The Bertz CT molecular complexity index is 582. The van der Waals surface area contributed by atoms with Crippen molar-refractivity contribution in [3.05, 3.63) is 64.7 Å². The van der Waals surface area contributed by atoms with Gasteiger partial charge in [-0.2, -0.15) is 0 Å². The van der Waals surface area contributed by atoms with Gasteiger partial charge in [0, 0.05) is 5.54 Å². The van der Waals surface area contributed by atoms with Gasteiger partial charge in [-0.05, 0) is 50.5 Å². The molecule has 0 saturated heterocycles. The molecule has 0 aromatic heterocycles. The molecule has 0 aliphatic heterocycles. The zero-order valence-corrected chi connectivity index (χ0v) is 12.7. The van der Waals surface area contributed by atoms with Crippen LogP contribution in [0.4, 0.5) is 0 Å². The highest BCUT2D eigenvalue weighted by atomic mass is 16.5. The molecule has 0 amide bonds. The summed E-state index contributed by atoms with van der Waals surface area (Å²) in [5, 5.41) is 0. The molecule has 1 atom stereocenters. The third-order valence-corrected chi connectivity index (χ3v) is 3.58. The van der Waals surface area contributed by atoms with E-state index in [1.54, 1.807) is 7.11 Å². The van der Waals surface area contributed by atoms with Gasteiger partial charge in [0.25, 0.3) is 0 Å². The molecule has 0 spiro atoms. The fourth-order valence-electron chi connectivity index (χ4n) is 2.68. The summed E-state index contributed by atoms with van der Waals surface area (Å²) in [7, 11) is 1.68. The Morgan fingerprint density at radius 2 is 1.70 bits per heavy atom. The van der Waals surface area contributed by atoms with Gasteiger partial charge in [0.15, 0.2) is 0 Å². The maximum absolute atomic E-state index is 6.54. The molecule has 0 radical (unpaired) electrons. The molecule has 2 N–H and O–H groups in total. The number of ether oxygens (including phenoxy) is 1. The third kappa shape index (κ3) is 3.40. The Labute approximate surface area is 121 Å². The summed E-state index contributed by atoms with van der Waals surface area (Å²) >= 11 is 0. The standard InChI is InChI=1S/C18H23NO/c1-13-8-14(2)10-15(9-13)12-18(3,19)16-6-5-7-17(11-16)20-4/h5-11H,12,19H2,1-4H3. The van der Waals surface area contributed by atoms with Crippen molar-refractivity contribution in [3.8, 4) is 5.75 Å². The molecule has 0 fully saturated rings. The van der Waals surface area contributed by atoms with Crippen molar-refractivity contribution in [1.29, 1.82) is 0 Å². The van der Waals surface area contributed by atoms with Crippen LogP contribution in [0.5, 0.6) is 5.75 Å². The third-order valence-electron chi connectivity index (χ3n) is 3.58. The van der Waals surface area contributed by atoms with E-state index in [-0.39, 0.29) is 0 Å². The maximum atomic E-state index is 6.54. The fourth-order valence-corrected chi connectivity index (χ4v) is 2.68. The van der Waals surface area contributed by atoms with E-state index in [0.717, 1.165) is 17.7 Å². The molecule has 2 rings (SSSR count). The monoisotopic (exact) mass is 269 g/mol. The van der Waals surface area contributed by atoms with Crippen molar-refractivity contribution in [1.82, 2.24) is 0 Å². The van der Waals surface area contributed by atoms with Gasteiger partial charge in [-0.15, -0.1) is 0 Å². The summed E-state index contributed by atoms with van der Waals surface area (Å²) in [6.45, 7) is 6.31. The van der Waals surface area contributed by atoms with E-state index in [1.165, 1.54) is 16.7 Å². The highest BCUT2D eigenvalue weighted by molar-refractivity contribution is 5.36. The molecule has 2 aromatic rings. The van der Waals surface area contributed by atoms with Crippen LogP contribution < -0.4 is 10.5 Å². The van der Waals surface area contributed by atoms with Crippen molar-refractivity contribution < 1.29 is 4.74 Å². The molecular weight excluding hydrogens is 246 g/mol. The molecule has 20 heavy (non-hydrogen) atoms. The average Bonchev–Trinajstić information content (AvgIpc) is 2.37. The Morgan fingerprint density at radius 1 is 1.05 bits per heavy atom. The van der Waals surface area contributed by atoms with E-state index in [1.807, 2.05) is 18.2 Å². The van der Waals surface area contributed by atoms with Gasteiger partial charge in [-0.1, -0.05) is 41.5 Å². The molecule has 0 aliphatic carbocycles. The molecule has 0 bridgehead atoms. The molecule has 0 saturated carbocycles. The largest absolute Gasteiger partial charge is 0.497 e. The minimum absolute atomic E-state index is 0.408. The average molecular weight is 269 g/mol. The van der Waals surface area contributed by atoms with Crippen LogP contribution in [0.3, 0.4) is 0 Å². The SMILES string of the molecule is COc1cccc(C(C)(N)Cc2cc(C)cc(C)c2)c1. The normalized spacial score (nSPS) is 13.8. The smallest absolute Gasteiger partial charge is 0.119 e. The van der Waals surface area contributed by atoms with E-state index >= 15 is 0 Å². The summed E-state index contributed by atoms with van der Waals surface area (Å²) in [5.74, 6) is 0.847. The second-order valence-electron chi connectivity index (χ2n) is 5.82. The lowest BCUT2D eigenvalue weighted by atomic mass is 9.86. The van der Waals surface area contributed by atoms with Crippen LogP contribution in [0, 0.1) is 13.8 Å². The quantitative estimate of drug-likeness (QED) is 0.918. The Balaban J connectivity index is 2.29. The summed E-state index contributed by atoms with van der Waals surface area (Å²) in [4.78, 5) is 0.